The van der Waals surface area contributed by atoms with Crippen molar-refractivity contribution >= 4 is 0 Å². The van der Waals surface area contributed by atoms with Gasteiger partial charge in [-0.3, -0.25) is 0 Å². The number of hydrogen-bond acceptors (Lipinski definition) is 0. The molecule has 0 aromatic heterocycles. The monoisotopic (exact) mass is 342 g/mol. The van der Waals surface area contributed by atoms with Crippen LogP contribution in [-0.4, -0.2) is 0 Å². The fourth-order valence-corrected chi connectivity index (χ4v) is 8.85. The summed E-state index contributed by atoms with van der Waals surface area (Å²) in [5.74, 6) is 6.04. The zero-order chi connectivity index (χ0) is 17.7. The molecule has 0 bridgehead atoms. The van der Waals surface area contributed by atoms with Crippen LogP contribution in [-0.2, 0) is 0 Å². The first-order valence-corrected chi connectivity index (χ1v) is 11.7. The molecule has 0 N–H and O–H groups in total. The van der Waals surface area contributed by atoms with Gasteiger partial charge >= 0.3 is 0 Å². The number of allylic oxidation sites excluding steroid dienone is 1. The molecule has 0 aromatic carbocycles. The van der Waals surface area contributed by atoms with E-state index in [0.29, 0.717) is 10.8 Å². The van der Waals surface area contributed by atoms with E-state index in [2.05, 4.69) is 33.4 Å². The van der Waals surface area contributed by atoms with Crippen molar-refractivity contribution in [3.8, 4) is 0 Å². The van der Waals surface area contributed by atoms with Crippen molar-refractivity contribution in [1.29, 1.82) is 0 Å². The van der Waals surface area contributed by atoms with Gasteiger partial charge in [0.25, 0.3) is 0 Å². The van der Waals surface area contributed by atoms with Crippen LogP contribution in [0.15, 0.2) is 12.7 Å². The molecule has 4 fully saturated rings. The van der Waals surface area contributed by atoms with Crippen LogP contribution in [0.25, 0.3) is 0 Å². The summed E-state index contributed by atoms with van der Waals surface area (Å²) in [6.45, 7) is 12.0. The molecular weight excluding hydrogens is 300 g/mol. The Labute approximate surface area is 157 Å². The van der Waals surface area contributed by atoms with Gasteiger partial charge < -0.3 is 0 Å². The first-order chi connectivity index (χ1) is 12.0. The maximum atomic E-state index is 4.16. The molecule has 4 aliphatic carbocycles. The predicted octanol–water partition coefficient (Wildman–Crippen LogP) is 7.64. The Bertz CT molecular complexity index is 492. The summed E-state index contributed by atoms with van der Waals surface area (Å²) in [6, 6.07) is 0. The van der Waals surface area contributed by atoms with E-state index in [0.717, 1.165) is 35.5 Å². The van der Waals surface area contributed by atoms with Crippen LogP contribution in [0.2, 0.25) is 0 Å². The largest absolute Gasteiger partial charge is 0.103 e. The summed E-state index contributed by atoms with van der Waals surface area (Å²) in [7, 11) is 0. The molecule has 4 saturated carbocycles. The van der Waals surface area contributed by atoms with Crippen LogP contribution in [0, 0.1) is 46.3 Å². The van der Waals surface area contributed by atoms with E-state index in [-0.39, 0.29) is 0 Å². The molecule has 0 aromatic rings. The van der Waals surface area contributed by atoms with Crippen molar-refractivity contribution in [2.24, 2.45) is 46.3 Å². The van der Waals surface area contributed by atoms with Crippen LogP contribution in [0.1, 0.15) is 97.8 Å². The molecule has 4 rings (SSSR count). The van der Waals surface area contributed by atoms with Gasteiger partial charge in [0.15, 0.2) is 0 Å². The van der Waals surface area contributed by atoms with Crippen molar-refractivity contribution in [1.82, 2.24) is 0 Å². The number of hydrogen-bond donors (Lipinski definition) is 0. The summed E-state index contributed by atoms with van der Waals surface area (Å²) in [5, 5.41) is 0. The molecule has 0 heterocycles. The van der Waals surface area contributed by atoms with Crippen LogP contribution in [0.5, 0.6) is 0 Å². The quantitative estimate of drug-likeness (QED) is 0.460. The van der Waals surface area contributed by atoms with Crippen molar-refractivity contribution in [2.75, 3.05) is 0 Å². The lowest BCUT2D eigenvalue weighted by Crippen LogP contribution is -2.55. The Kier molecular flexibility index (Phi) is 4.87. The van der Waals surface area contributed by atoms with Gasteiger partial charge in [0.05, 0.1) is 0 Å². The van der Waals surface area contributed by atoms with Crippen LogP contribution in [0.4, 0.5) is 0 Å². The summed E-state index contributed by atoms with van der Waals surface area (Å²) in [5.41, 5.74) is 1.33. The Balaban J connectivity index is 1.67. The van der Waals surface area contributed by atoms with E-state index in [1.807, 2.05) is 0 Å². The first kappa shape index (κ1) is 18.1. The second kappa shape index (κ2) is 6.72. The summed E-state index contributed by atoms with van der Waals surface area (Å²) >= 11 is 0. The minimum atomic E-state index is 0.661. The number of fused-ring (bicyclic) bond motifs is 5. The molecule has 0 aliphatic heterocycles. The lowest BCUT2D eigenvalue weighted by atomic mass is 9.42. The van der Waals surface area contributed by atoms with Crippen molar-refractivity contribution < 1.29 is 0 Å². The molecule has 0 nitrogen and oxygen atoms in total. The minimum absolute atomic E-state index is 0.661. The molecule has 4 aliphatic rings. The van der Waals surface area contributed by atoms with Crippen LogP contribution in [0.3, 0.4) is 0 Å². The maximum absolute atomic E-state index is 4.16. The molecule has 8 unspecified atom stereocenters. The van der Waals surface area contributed by atoms with Gasteiger partial charge in [-0.05, 0) is 97.7 Å². The van der Waals surface area contributed by atoms with E-state index in [4.69, 9.17) is 0 Å². The fraction of sp³-hybridized carbons (Fsp3) is 0.920. The third kappa shape index (κ3) is 2.68. The summed E-state index contributed by atoms with van der Waals surface area (Å²) < 4.78 is 0. The Morgan fingerprint density at radius 1 is 0.960 bits per heavy atom. The Morgan fingerprint density at radius 3 is 2.52 bits per heavy atom. The van der Waals surface area contributed by atoms with Gasteiger partial charge in [-0.15, -0.1) is 6.58 Å². The molecule has 8 atom stereocenters. The molecule has 0 radical (unpaired) electrons. The topological polar surface area (TPSA) is 0 Å². The molecule has 0 spiro atoms. The van der Waals surface area contributed by atoms with Gasteiger partial charge in [0, 0.05) is 0 Å². The highest BCUT2D eigenvalue weighted by atomic mass is 14.7. The summed E-state index contributed by atoms with van der Waals surface area (Å²) in [4.78, 5) is 0. The highest BCUT2D eigenvalue weighted by Crippen LogP contribution is 2.69. The normalized spacial score (nSPS) is 52.1. The van der Waals surface area contributed by atoms with Gasteiger partial charge in [-0.2, -0.15) is 0 Å². The SMILES string of the molecule is C=CCC1CC2CCCCC2(C)C2CCC3(C)C(CCC)CCC3C12. The van der Waals surface area contributed by atoms with E-state index in [1.165, 1.54) is 70.6 Å². The highest BCUT2D eigenvalue weighted by Gasteiger charge is 2.61. The van der Waals surface area contributed by atoms with Gasteiger partial charge in [-0.1, -0.05) is 52.5 Å². The van der Waals surface area contributed by atoms with E-state index < -0.39 is 0 Å². The lowest BCUT2D eigenvalue weighted by Gasteiger charge is -2.63. The average Bonchev–Trinajstić information content (AvgIpc) is 2.92. The van der Waals surface area contributed by atoms with Crippen molar-refractivity contribution in [3.05, 3.63) is 12.7 Å². The minimum Gasteiger partial charge on any atom is -0.103 e. The molecule has 25 heavy (non-hydrogen) atoms. The highest BCUT2D eigenvalue weighted by molar-refractivity contribution is 5.11. The van der Waals surface area contributed by atoms with Crippen LogP contribution >= 0.6 is 0 Å². The lowest BCUT2D eigenvalue weighted by molar-refractivity contribution is -0.137. The van der Waals surface area contributed by atoms with Crippen molar-refractivity contribution in [2.45, 2.75) is 97.8 Å². The molecule has 0 heteroatoms. The van der Waals surface area contributed by atoms with Gasteiger partial charge in [0.2, 0.25) is 0 Å². The molecule has 142 valence electrons. The van der Waals surface area contributed by atoms with E-state index in [1.54, 1.807) is 6.42 Å². The van der Waals surface area contributed by atoms with E-state index >= 15 is 0 Å². The second-order valence-corrected chi connectivity index (χ2v) is 10.9. The number of rotatable bonds is 4. The summed E-state index contributed by atoms with van der Waals surface area (Å²) in [6.07, 6.45) is 20.1. The fourth-order valence-electron chi connectivity index (χ4n) is 8.85. The zero-order valence-corrected chi connectivity index (χ0v) is 17.2. The molecule has 0 amide bonds. The Hall–Kier alpha value is -0.260. The third-order valence-corrected chi connectivity index (χ3v) is 10.1. The molecule has 0 saturated heterocycles. The average molecular weight is 343 g/mol. The molecular formula is C25H42. The van der Waals surface area contributed by atoms with Gasteiger partial charge in [-0.25, -0.2) is 0 Å². The third-order valence-electron chi connectivity index (χ3n) is 10.1. The Morgan fingerprint density at radius 2 is 1.76 bits per heavy atom. The zero-order valence-electron chi connectivity index (χ0n) is 17.2. The van der Waals surface area contributed by atoms with Crippen molar-refractivity contribution in [3.63, 3.8) is 0 Å². The smallest absolute Gasteiger partial charge is 0.0266 e. The maximum Gasteiger partial charge on any atom is -0.0266 e. The van der Waals surface area contributed by atoms with E-state index in [9.17, 15) is 0 Å². The van der Waals surface area contributed by atoms with Crippen LogP contribution < -0.4 is 0 Å². The second-order valence-electron chi connectivity index (χ2n) is 10.9. The standard InChI is InChI=1S/C25H42/c1-5-9-18-17-20-11-7-8-15-24(20,3)22-14-16-25(4)19(10-6-2)12-13-21(25)23(18)22/h5,18-23H,1,6-17H2,2-4H3. The van der Waals surface area contributed by atoms with Gasteiger partial charge in [0.1, 0.15) is 0 Å². The predicted molar refractivity (Wildman–Crippen MR) is 108 cm³/mol. The first-order valence-electron chi connectivity index (χ1n) is 11.7.